The molecule has 0 aliphatic carbocycles. The molecule has 1 aromatic carbocycles. The van der Waals surface area contributed by atoms with Gasteiger partial charge >= 0.3 is 0 Å². The van der Waals surface area contributed by atoms with E-state index in [1.165, 1.54) is 25.8 Å². The van der Waals surface area contributed by atoms with Crippen molar-refractivity contribution in [2.24, 2.45) is 0 Å². The lowest BCUT2D eigenvalue weighted by Gasteiger charge is -2.16. The lowest BCUT2D eigenvalue weighted by molar-refractivity contribution is 0.407. The van der Waals surface area contributed by atoms with Gasteiger partial charge in [0.05, 0.1) is 7.11 Å². The predicted molar refractivity (Wildman–Crippen MR) is 64.7 cm³/mol. The van der Waals surface area contributed by atoms with Crippen LogP contribution < -0.4 is 4.74 Å². The molecule has 72 valence electrons. The molecule has 2 heteroatoms. The van der Waals surface area contributed by atoms with E-state index >= 15 is 0 Å². The second-order valence-electron chi connectivity index (χ2n) is 3.35. The molecule has 0 saturated carbocycles. The first-order valence-corrected chi connectivity index (χ1v) is 5.38. The molecular weight excluding hydrogens is 275 g/mol. The standard InChI is InChI=1S/C11H15IO/c1-6-8(3)11(13-5)9(4)7(2)10(6)12/h1-5H3. The number of hydrogen-bond donors (Lipinski definition) is 0. The number of rotatable bonds is 1. The monoisotopic (exact) mass is 290 g/mol. The molecule has 0 heterocycles. The van der Waals surface area contributed by atoms with Crippen LogP contribution in [0.15, 0.2) is 0 Å². The van der Waals surface area contributed by atoms with Crippen molar-refractivity contribution in [3.05, 3.63) is 25.8 Å². The Morgan fingerprint density at radius 2 is 1.23 bits per heavy atom. The molecule has 0 aliphatic heterocycles. The molecule has 0 N–H and O–H groups in total. The van der Waals surface area contributed by atoms with Gasteiger partial charge in [0.1, 0.15) is 5.75 Å². The highest BCUT2D eigenvalue weighted by molar-refractivity contribution is 14.1. The highest BCUT2D eigenvalue weighted by atomic mass is 127. The quantitative estimate of drug-likeness (QED) is 0.719. The van der Waals surface area contributed by atoms with Crippen LogP contribution in [0.25, 0.3) is 0 Å². The minimum Gasteiger partial charge on any atom is -0.496 e. The molecule has 1 aromatic rings. The van der Waals surface area contributed by atoms with Crippen LogP contribution in [0.4, 0.5) is 0 Å². The fraction of sp³-hybridized carbons (Fsp3) is 0.455. The van der Waals surface area contributed by atoms with Gasteiger partial charge in [-0.05, 0) is 72.5 Å². The van der Waals surface area contributed by atoms with E-state index in [-0.39, 0.29) is 0 Å². The van der Waals surface area contributed by atoms with Crippen molar-refractivity contribution in [2.45, 2.75) is 27.7 Å². The predicted octanol–water partition coefficient (Wildman–Crippen LogP) is 3.53. The van der Waals surface area contributed by atoms with Crippen molar-refractivity contribution in [3.63, 3.8) is 0 Å². The highest BCUT2D eigenvalue weighted by Gasteiger charge is 2.12. The van der Waals surface area contributed by atoms with E-state index in [0.29, 0.717) is 0 Å². The van der Waals surface area contributed by atoms with Gasteiger partial charge in [0.2, 0.25) is 0 Å². The average molecular weight is 290 g/mol. The topological polar surface area (TPSA) is 9.23 Å². The Hall–Kier alpha value is -0.250. The summed E-state index contributed by atoms with van der Waals surface area (Å²) in [6.07, 6.45) is 0. The van der Waals surface area contributed by atoms with E-state index in [1.807, 2.05) is 0 Å². The minimum absolute atomic E-state index is 1.04. The van der Waals surface area contributed by atoms with Gasteiger partial charge in [-0.2, -0.15) is 0 Å². The van der Waals surface area contributed by atoms with Crippen LogP contribution >= 0.6 is 22.6 Å². The summed E-state index contributed by atoms with van der Waals surface area (Å²) in [6, 6.07) is 0. The van der Waals surface area contributed by atoms with Gasteiger partial charge in [-0.25, -0.2) is 0 Å². The molecule has 0 radical (unpaired) electrons. The van der Waals surface area contributed by atoms with Gasteiger partial charge in [-0.3, -0.25) is 0 Å². The van der Waals surface area contributed by atoms with Crippen LogP contribution in [0.5, 0.6) is 5.75 Å². The molecule has 0 unspecified atom stereocenters. The number of ether oxygens (including phenoxy) is 1. The Kier molecular flexibility index (Phi) is 3.22. The Bertz CT molecular complexity index is 313. The molecule has 1 rings (SSSR count). The van der Waals surface area contributed by atoms with Crippen LogP contribution in [0.2, 0.25) is 0 Å². The van der Waals surface area contributed by atoms with Gasteiger partial charge in [-0.1, -0.05) is 0 Å². The molecule has 0 saturated heterocycles. The lowest BCUT2D eigenvalue weighted by atomic mass is 10.0. The van der Waals surface area contributed by atoms with Gasteiger partial charge in [0.15, 0.2) is 0 Å². The van der Waals surface area contributed by atoms with Crippen molar-refractivity contribution in [3.8, 4) is 5.75 Å². The van der Waals surface area contributed by atoms with E-state index in [9.17, 15) is 0 Å². The zero-order chi connectivity index (χ0) is 10.2. The summed E-state index contributed by atoms with van der Waals surface area (Å²) in [5, 5.41) is 0. The fourth-order valence-corrected chi connectivity index (χ4v) is 2.35. The van der Waals surface area contributed by atoms with Crippen molar-refractivity contribution in [2.75, 3.05) is 7.11 Å². The molecule has 0 spiro atoms. The van der Waals surface area contributed by atoms with Gasteiger partial charge in [0, 0.05) is 3.57 Å². The summed E-state index contributed by atoms with van der Waals surface area (Å²) in [6.45, 7) is 8.52. The molecule has 0 fully saturated rings. The van der Waals surface area contributed by atoms with E-state index < -0.39 is 0 Å². The Morgan fingerprint density at radius 3 is 1.54 bits per heavy atom. The van der Waals surface area contributed by atoms with Crippen LogP contribution in [0.3, 0.4) is 0 Å². The highest BCUT2D eigenvalue weighted by Crippen LogP contribution is 2.32. The van der Waals surface area contributed by atoms with Crippen LogP contribution in [-0.4, -0.2) is 7.11 Å². The lowest BCUT2D eigenvalue weighted by Crippen LogP contribution is -1.99. The Morgan fingerprint density at radius 1 is 0.846 bits per heavy atom. The first kappa shape index (κ1) is 10.8. The zero-order valence-electron chi connectivity index (χ0n) is 8.79. The van der Waals surface area contributed by atoms with E-state index in [0.717, 1.165) is 5.75 Å². The van der Waals surface area contributed by atoms with Crippen molar-refractivity contribution >= 4 is 22.6 Å². The molecule has 0 amide bonds. The summed E-state index contributed by atoms with van der Waals surface area (Å²) in [7, 11) is 1.74. The zero-order valence-corrected chi connectivity index (χ0v) is 10.9. The van der Waals surface area contributed by atoms with Crippen molar-refractivity contribution in [1.29, 1.82) is 0 Å². The van der Waals surface area contributed by atoms with Gasteiger partial charge in [-0.15, -0.1) is 0 Å². The third-order valence-corrected chi connectivity index (χ3v) is 4.29. The van der Waals surface area contributed by atoms with E-state index in [2.05, 4.69) is 50.3 Å². The number of benzene rings is 1. The maximum absolute atomic E-state index is 5.39. The summed E-state index contributed by atoms with van der Waals surface area (Å²) < 4.78 is 6.74. The second-order valence-corrected chi connectivity index (χ2v) is 4.43. The van der Waals surface area contributed by atoms with Gasteiger partial charge < -0.3 is 4.74 Å². The maximum atomic E-state index is 5.39. The SMILES string of the molecule is COc1c(C)c(C)c(I)c(C)c1C. The third kappa shape index (κ3) is 1.68. The number of halogens is 1. The van der Waals surface area contributed by atoms with Crippen LogP contribution in [0.1, 0.15) is 22.3 Å². The van der Waals surface area contributed by atoms with Crippen LogP contribution in [-0.2, 0) is 0 Å². The fourth-order valence-electron chi connectivity index (χ4n) is 1.54. The van der Waals surface area contributed by atoms with E-state index in [1.54, 1.807) is 7.11 Å². The van der Waals surface area contributed by atoms with E-state index in [4.69, 9.17) is 4.74 Å². The number of methoxy groups -OCH3 is 1. The first-order valence-electron chi connectivity index (χ1n) is 4.30. The summed E-state index contributed by atoms with van der Waals surface area (Å²) in [5.74, 6) is 1.04. The third-order valence-electron chi connectivity index (χ3n) is 2.67. The molecule has 0 atom stereocenters. The molecule has 0 aliphatic rings. The summed E-state index contributed by atoms with van der Waals surface area (Å²) >= 11 is 2.40. The molecule has 13 heavy (non-hydrogen) atoms. The molecule has 0 bridgehead atoms. The normalized spacial score (nSPS) is 10.3. The first-order chi connectivity index (χ1) is 6.00. The Balaban J connectivity index is 3.56. The largest absolute Gasteiger partial charge is 0.496 e. The molecule has 0 aromatic heterocycles. The van der Waals surface area contributed by atoms with Crippen molar-refractivity contribution in [1.82, 2.24) is 0 Å². The Labute approximate surface area is 93.6 Å². The maximum Gasteiger partial charge on any atom is 0.125 e. The molecular formula is C11H15IO. The van der Waals surface area contributed by atoms with Crippen molar-refractivity contribution < 1.29 is 4.74 Å². The van der Waals surface area contributed by atoms with Gasteiger partial charge in [0.25, 0.3) is 0 Å². The molecule has 1 nitrogen and oxygen atoms in total. The van der Waals surface area contributed by atoms with Crippen LogP contribution in [0, 0.1) is 31.3 Å². The smallest absolute Gasteiger partial charge is 0.125 e. The minimum atomic E-state index is 1.04. The second kappa shape index (κ2) is 3.86. The number of hydrogen-bond acceptors (Lipinski definition) is 1. The summed E-state index contributed by atoms with van der Waals surface area (Å²) in [5.41, 5.74) is 5.19. The average Bonchev–Trinajstić information content (AvgIpc) is 2.13. The summed E-state index contributed by atoms with van der Waals surface area (Å²) in [4.78, 5) is 0.